The summed E-state index contributed by atoms with van der Waals surface area (Å²) in [4.78, 5) is 4.00. The summed E-state index contributed by atoms with van der Waals surface area (Å²) in [5, 5.41) is 12.6. The molecule has 1 atom stereocenters. The molecule has 0 amide bonds. The largest absolute Gasteiger partial charge is 0.324 e. The minimum absolute atomic E-state index is 0.00319. The van der Waals surface area contributed by atoms with Crippen LogP contribution in [0, 0.1) is 0 Å². The van der Waals surface area contributed by atoms with Crippen LogP contribution in [0.4, 0.5) is 0 Å². The van der Waals surface area contributed by atoms with E-state index in [1.165, 1.54) is 0 Å². The number of rotatable bonds is 6. The predicted molar refractivity (Wildman–Crippen MR) is 85.7 cm³/mol. The van der Waals surface area contributed by atoms with Gasteiger partial charge in [-0.2, -0.15) is 4.68 Å². The third-order valence-corrected chi connectivity index (χ3v) is 4.19. The SMILES string of the molecule is NC(CCSc1nnnn1-c1ccccc1)c1ccncc1. The van der Waals surface area contributed by atoms with Gasteiger partial charge in [0.15, 0.2) is 0 Å². The minimum atomic E-state index is -0.00319. The maximum absolute atomic E-state index is 6.18. The molecule has 0 saturated carbocycles. The van der Waals surface area contributed by atoms with Crippen LogP contribution in [0.25, 0.3) is 5.69 Å². The highest BCUT2D eigenvalue weighted by Gasteiger charge is 2.10. The summed E-state index contributed by atoms with van der Waals surface area (Å²) in [6, 6.07) is 13.7. The Morgan fingerprint density at radius 1 is 1.09 bits per heavy atom. The van der Waals surface area contributed by atoms with Gasteiger partial charge in [-0.25, -0.2) is 0 Å². The highest BCUT2D eigenvalue weighted by molar-refractivity contribution is 7.99. The Balaban J connectivity index is 1.60. The summed E-state index contributed by atoms with van der Waals surface area (Å²) in [6.07, 6.45) is 4.37. The Morgan fingerprint density at radius 3 is 2.64 bits per heavy atom. The van der Waals surface area contributed by atoms with E-state index in [-0.39, 0.29) is 6.04 Å². The van der Waals surface area contributed by atoms with Crippen LogP contribution in [0.5, 0.6) is 0 Å². The summed E-state index contributed by atoms with van der Waals surface area (Å²) >= 11 is 1.60. The monoisotopic (exact) mass is 312 g/mol. The van der Waals surface area contributed by atoms with Gasteiger partial charge in [-0.15, -0.1) is 5.10 Å². The average Bonchev–Trinajstić information content (AvgIpc) is 3.05. The van der Waals surface area contributed by atoms with E-state index in [1.807, 2.05) is 42.5 Å². The van der Waals surface area contributed by atoms with E-state index in [0.717, 1.165) is 28.6 Å². The Labute approximate surface area is 132 Å². The second-order valence-corrected chi connectivity index (χ2v) is 5.80. The zero-order chi connectivity index (χ0) is 15.2. The molecule has 3 rings (SSSR count). The fraction of sp³-hybridized carbons (Fsp3) is 0.200. The third kappa shape index (κ3) is 3.49. The van der Waals surface area contributed by atoms with Crippen LogP contribution < -0.4 is 5.73 Å². The molecular weight excluding hydrogens is 296 g/mol. The lowest BCUT2D eigenvalue weighted by molar-refractivity contribution is 0.701. The molecule has 0 aliphatic heterocycles. The number of hydrogen-bond acceptors (Lipinski definition) is 6. The van der Waals surface area contributed by atoms with Crippen LogP contribution in [0.15, 0.2) is 60.0 Å². The summed E-state index contributed by atoms with van der Waals surface area (Å²) in [5.74, 6) is 0.844. The van der Waals surface area contributed by atoms with Gasteiger partial charge in [-0.3, -0.25) is 4.98 Å². The van der Waals surface area contributed by atoms with Crippen molar-refractivity contribution >= 4 is 11.8 Å². The molecule has 2 N–H and O–H groups in total. The van der Waals surface area contributed by atoms with Crippen molar-refractivity contribution in [2.75, 3.05) is 5.75 Å². The number of tetrazole rings is 1. The molecule has 0 aliphatic carbocycles. The van der Waals surface area contributed by atoms with E-state index in [0.29, 0.717) is 0 Å². The molecule has 0 fully saturated rings. The highest BCUT2D eigenvalue weighted by Crippen LogP contribution is 2.22. The number of nitrogens with two attached hydrogens (primary N) is 1. The Hall–Kier alpha value is -2.25. The summed E-state index contributed by atoms with van der Waals surface area (Å²) in [6.45, 7) is 0. The molecule has 3 aromatic rings. The van der Waals surface area contributed by atoms with Crippen molar-refractivity contribution in [1.29, 1.82) is 0 Å². The zero-order valence-electron chi connectivity index (χ0n) is 11.9. The Morgan fingerprint density at radius 2 is 1.86 bits per heavy atom. The number of para-hydroxylation sites is 1. The molecule has 7 heteroatoms. The molecule has 0 aliphatic rings. The first kappa shape index (κ1) is 14.7. The van der Waals surface area contributed by atoms with E-state index in [9.17, 15) is 0 Å². The highest BCUT2D eigenvalue weighted by atomic mass is 32.2. The summed E-state index contributed by atoms with van der Waals surface area (Å²) in [7, 11) is 0. The molecule has 1 unspecified atom stereocenters. The van der Waals surface area contributed by atoms with Crippen molar-refractivity contribution in [2.45, 2.75) is 17.6 Å². The van der Waals surface area contributed by atoms with Crippen molar-refractivity contribution < 1.29 is 0 Å². The molecule has 2 heterocycles. The van der Waals surface area contributed by atoms with Crippen molar-refractivity contribution in [3.63, 3.8) is 0 Å². The van der Waals surface area contributed by atoms with Crippen LogP contribution in [-0.2, 0) is 0 Å². The molecular formula is C15H16N6S. The fourth-order valence-corrected chi connectivity index (χ4v) is 2.97. The van der Waals surface area contributed by atoms with Gasteiger partial charge in [0, 0.05) is 24.2 Å². The van der Waals surface area contributed by atoms with Crippen LogP contribution >= 0.6 is 11.8 Å². The lowest BCUT2D eigenvalue weighted by Gasteiger charge is -2.11. The first-order valence-electron chi connectivity index (χ1n) is 6.96. The molecule has 112 valence electrons. The van der Waals surface area contributed by atoms with Gasteiger partial charge in [0.1, 0.15) is 0 Å². The first-order valence-corrected chi connectivity index (χ1v) is 7.95. The molecule has 1 aromatic carbocycles. The molecule has 6 nitrogen and oxygen atoms in total. The zero-order valence-corrected chi connectivity index (χ0v) is 12.7. The minimum Gasteiger partial charge on any atom is -0.324 e. The van der Waals surface area contributed by atoms with E-state index in [1.54, 1.807) is 28.8 Å². The van der Waals surface area contributed by atoms with E-state index < -0.39 is 0 Å². The molecule has 0 bridgehead atoms. The fourth-order valence-electron chi connectivity index (χ4n) is 2.05. The lowest BCUT2D eigenvalue weighted by Crippen LogP contribution is -2.11. The van der Waals surface area contributed by atoms with Gasteiger partial charge in [-0.1, -0.05) is 30.0 Å². The quantitative estimate of drug-likeness (QED) is 0.703. The Bertz CT molecular complexity index is 700. The predicted octanol–water partition coefficient (Wildman–Crippen LogP) is 2.24. The van der Waals surface area contributed by atoms with Gasteiger partial charge in [0.25, 0.3) is 0 Å². The van der Waals surface area contributed by atoms with Gasteiger partial charge in [0.2, 0.25) is 5.16 Å². The number of aromatic nitrogens is 5. The van der Waals surface area contributed by atoms with Crippen molar-refractivity contribution in [3.8, 4) is 5.69 Å². The maximum Gasteiger partial charge on any atom is 0.214 e. The second kappa shape index (κ2) is 7.15. The standard InChI is InChI=1S/C15H16N6S/c16-14(12-6-9-17-10-7-12)8-11-22-15-18-19-20-21(15)13-4-2-1-3-5-13/h1-7,9-10,14H,8,11,16H2. The Kier molecular flexibility index (Phi) is 4.77. The number of thioether (sulfide) groups is 1. The summed E-state index contributed by atoms with van der Waals surface area (Å²) < 4.78 is 1.74. The van der Waals surface area contributed by atoms with Gasteiger partial charge in [-0.05, 0) is 46.7 Å². The third-order valence-electron chi connectivity index (χ3n) is 3.24. The smallest absolute Gasteiger partial charge is 0.214 e. The summed E-state index contributed by atoms with van der Waals surface area (Å²) in [5.41, 5.74) is 8.23. The van der Waals surface area contributed by atoms with Crippen molar-refractivity contribution in [3.05, 3.63) is 60.4 Å². The topological polar surface area (TPSA) is 82.5 Å². The van der Waals surface area contributed by atoms with E-state index in [4.69, 9.17) is 5.73 Å². The average molecular weight is 312 g/mol. The van der Waals surface area contributed by atoms with E-state index >= 15 is 0 Å². The van der Waals surface area contributed by atoms with E-state index in [2.05, 4.69) is 20.5 Å². The van der Waals surface area contributed by atoms with Crippen LogP contribution in [0.1, 0.15) is 18.0 Å². The molecule has 0 spiro atoms. The molecule has 22 heavy (non-hydrogen) atoms. The van der Waals surface area contributed by atoms with Crippen molar-refractivity contribution in [1.82, 2.24) is 25.2 Å². The molecule has 0 saturated heterocycles. The van der Waals surface area contributed by atoms with Gasteiger partial charge < -0.3 is 5.73 Å². The molecule has 2 aromatic heterocycles. The normalized spacial score (nSPS) is 12.2. The van der Waals surface area contributed by atoms with Crippen LogP contribution in [0.2, 0.25) is 0 Å². The maximum atomic E-state index is 6.18. The van der Waals surface area contributed by atoms with Crippen molar-refractivity contribution in [2.24, 2.45) is 5.73 Å². The van der Waals surface area contributed by atoms with Crippen LogP contribution in [0.3, 0.4) is 0 Å². The second-order valence-electron chi connectivity index (χ2n) is 4.73. The molecule has 0 radical (unpaired) electrons. The number of pyridine rings is 1. The number of benzene rings is 1. The van der Waals surface area contributed by atoms with Gasteiger partial charge in [0.05, 0.1) is 5.69 Å². The van der Waals surface area contributed by atoms with Gasteiger partial charge >= 0.3 is 0 Å². The lowest BCUT2D eigenvalue weighted by atomic mass is 10.1. The first-order chi connectivity index (χ1) is 10.8. The van der Waals surface area contributed by atoms with Crippen LogP contribution in [-0.4, -0.2) is 30.9 Å². The number of nitrogens with zero attached hydrogens (tertiary/aromatic N) is 5. The number of hydrogen-bond donors (Lipinski definition) is 1.